The molecule has 0 radical (unpaired) electrons. The smallest absolute Gasteiger partial charge is 0.156 e. The summed E-state index contributed by atoms with van der Waals surface area (Å²) in [6.07, 6.45) is 3.12. The van der Waals surface area contributed by atoms with Crippen LogP contribution in [-0.4, -0.2) is 20.0 Å². The zero-order chi connectivity index (χ0) is 16.4. The highest BCUT2D eigenvalue weighted by Gasteiger charge is 2.12. The Morgan fingerprint density at radius 3 is 2.57 bits per heavy atom. The molecule has 5 heteroatoms. The van der Waals surface area contributed by atoms with E-state index in [1.165, 1.54) is 10.5 Å². The van der Waals surface area contributed by atoms with Gasteiger partial charge in [-0.3, -0.25) is 3.97 Å². The third-order valence-electron chi connectivity index (χ3n) is 3.84. The van der Waals surface area contributed by atoms with Crippen molar-refractivity contribution >= 4 is 28.8 Å². The van der Waals surface area contributed by atoms with E-state index in [0.717, 1.165) is 29.1 Å². The van der Waals surface area contributed by atoms with Gasteiger partial charge in [0.1, 0.15) is 11.6 Å². The van der Waals surface area contributed by atoms with Crippen molar-refractivity contribution in [2.24, 2.45) is 0 Å². The third-order valence-corrected chi connectivity index (χ3v) is 4.82. The maximum Gasteiger partial charge on any atom is 0.156 e. The summed E-state index contributed by atoms with van der Waals surface area (Å²) < 4.78 is 2.11. The van der Waals surface area contributed by atoms with Crippen LogP contribution in [0.5, 0.6) is 0 Å². The van der Waals surface area contributed by atoms with Crippen LogP contribution in [0.1, 0.15) is 31.7 Å². The van der Waals surface area contributed by atoms with Gasteiger partial charge in [-0.1, -0.05) is 24.6 Å². The number of anilines is 1. The number of nitrogens with one attached hydrogen (secondary N) is 1. The molecular formula is C18H22N4S. The highest BCUT2D eigenvalue weighted by atomic mass is 32.2. The number of hydrogen-bond donors (Lipinski definition) is 1. The van der Waals surface area contributed by atoms with Crippen LogP contribution in [0, 0.1) is 13.8 Å². The average molecular weight is 326 g/mol. The van der Waals surface area contributed by atoms with E-state index < -0.39 is 0 Å². The molecule has 120 valence electrons. The van der Waals surface area contributed by atoms with Crippen molar-refractivity contribution in [2.75, 3.05) is 5.32 Å². The lowest BCUT2D eigenvalue weighted by Gasteiger charge is -2.13. The number of benzene rings is 1. The molecule has 1 atom stereocenters. The maximum atomic E-state index is 4.63. The first-order valence-corrected chi connectivity index (χ1v) is 8.71. The molecule has 3 aromatic rings. The lowest BCUT2D eigenvalue weighted by molar-refractivity contribution is 0.759. The van der Waals surface area contributed by atoms with Crippen molar-refractivity contribution in [3.63, 3.8) is 0 Å². The van der Waals surface area contributed by atoms with Gasteiger partial charge in [-0.05, 0) is 57.3 Å². The average Bonchev–Trinajstić information content (AvgIpc) is 2.92. The molecule has 0 fully saturated rings. The third kappa shape index (κ3) is 3.50. The summed E-state index contributed by atoms with van der Waals surface area (Å²) >= 11 is 1.67. The maximum absolute atomic E-state index is 4.63. The minimum atomic E-state index is 0.389. The van der Waals surface area contributed by atoms with E-state index in [1.807, 2.05) is 6.92 Å². The summed E-state index contributed by atoms with van der Waals surface area (Å²) in [5.74, 6) is 1.71. The van der Waals surface area contributed by atoms with Gasteiger partial charge in [-0.2, -0.15) is 0 Å². The van der Waals surface area contributed by atoms with Gasteiger partial charge < -0.3 is 5.32 Å². The van der Waals surface area contributed by atoms with E-state index >= 15 is 0 Å². The number of hydrogen-bond acceptors (Lipinski definition) is 4. The molecule has 1 aromatic carbocycles. The Morgan fingerprint density at radius 1 is 1.13 bits per heavy atom. The summed E-state index contributed by atoms with van der Waals surface area (Å²) in [4.78, 5) is 10.4. The van der Waals surface area contributed by atoms with Gasteiger partial charge in [0.25, 0.3) is 0 Å². The van der Waals surface area contributed by atoms with E-state index in [4.69, 9.17) is 0 Å². The normalized spacial score (nSPS) is 12.5. The van der Waals surface area contributed by atoms with Crippen LogP contribution < -0.4 is 5.32 Å². The number of fused-ring (bicyclic) bond motifs is 1. The van der Waals surface area contributed by atoms with Crippen molar-refractivity contribution in [1.29, 1.82) is 0 Å². The first-order valence-electron chi connectivity index (χ1n) is 7.94. The predicted molar refractivity (Wildman–Crippen MR) is 98.1 cm³/mol. The Bertz CT molecular complexity index is 808. The molecule has 4 nitrogen and oxygen atoms in total. The van der Waals surface area contributed by atoms with E-state index in [2.05, 4.69) is 76.6 Å². The Kier molecular flexibility index (Phi) is 4.57. The molecule has 0 aliphatic rings. The number of aryl methyl sites for hydroxylation is 2. The van der Waals surface area contributed by atoms with Crippen LogP contribution in [0.4, 0.5) is 5.82 Å². The fourth-order valence-electron chi connectivity index (χ4n) is 2.33. The monoisotopic (exact) mass is 326 g/mol. The minimum Gasteiger partial charge on any atom is -0.367 e. The second kappa shape index (κ2) is 6.62. The second-order valence-electron chi connectivity index (χ2n) is 5.86. The Labute approximate surface area is 141 Å². The van der Waals surface area contributed by atoms with Crippen molar-refractivity contribution in [3.8, 4) is 0 Å². The molecule has 1 unspecified atom stereocenters. The van der Waals surface area contributed by atoms with Gasteiger partial charge in [-0.25, -0.2) is 9.97 Å². The molecule has 0 aliphatic heterocycles. The highest BCUT2D eigenvalue weighted by Crippen LogP contribution is 2.29. The quantitative estimate of drug-likeness (QED) is 0.730. The summed E-state index contributed by atoms with van der Waals surface area (Å²) in [6, 6.07) is 11.0. The zero-order valence-electron chi connectivity index (χ0n) is 14.0. The van der Waals surface area contributed by atoms with E-state index in [1.54, 1.807) is 11.9 Å². The van der Waals surface area contributed by atoms with Crippen LogP contribution in [-0.2, 0) is 0 Å². The molecule has 23 heavy (non-hydrogen) atoms. The van der Waals surface area contributed by atoms with Crippen molar-refractivity contribution < 1.29 is 0 Å². The van der Waals surface area contributed by atoms with Crippen molar-refractivity contribution in [1.82, 2.24) is 13.9 Å². The lowest BCUT2D eigenvalue weighted by Crippen LogP contribution is -2.15. The van der Waals surface area contributed by atoms with Gasteiger partial charge in [0, 0.05) is 17.1 Å². The highest BCUT2D eigenvalue weighted by molar-refractivity contribution is 7.98. The number of nitrogens with zero attached hydrogens (tertiary/aromatic N) is 3. The Hall–Kier alpha value is -2.01. The molecule has 1 N–H and O–H groups in total. The fraction of sp³-hybridized carbons (Fsp3) is 0.333. The lowest BCUT2D eigenvalue weighted by atomic mass is 10.2. The van der Waals surface area contributed by atoms with Crippen LogP contribution in [0.2, 0.25) is 0 Å². The second-order valence-corrected chi connectivity index (χ2v) is 6.90. The molecule has 0 amide bonds. The predicted octanol–water partition coefficient (Wildman–Crippen LogP) is 4.81. The molecule has 0 bridgehead atoms. The summed E-state index contributed by atoms with van der Waals surface area (Å²) in [5, 5.41) is 4.55. The van der Waals surface area contributed by atoms with E-state index in [-0.39, 0.29) is 0 Å². The van der Waals surface area contributed by atoms with Crippen LogP contribution in [0.3, 0.4) is 0 Å². The molecule has 0 saturated heterocycles. The van der Waals surface area contributed by atoms with Crippen molar-refractivity contribution in [2.45, 2.75) is 45.1 Å². The Balaban J connectivity index is 1.97. The van der Waals surface area contributed by atoms with Gasteiger partial charge in [0.05, 0.1) is 5.39 Å². The summed E-state index contributed by atoms with van der Waals surface area (Å²) in [6.45, 7) is 8.38. The van der Waals surface area contributed by atoms with E-state index in [9.17, 15) is 0 Å². The molecular weight excluding hydrogens is 304 g/mol. The number of rotatable bonds is 5. The standard InChI is InChI=1S/C18H22N4S/c1-5-13(3)19-17-16-10-11-22(18(16)21-14(4)20-17)23-15-8-6-12(2)7-9-15/h6-11,13H,5H2,1-4H3,(H,19,20,21). The first kappa shape index (κ1) is 15.9. The summed E-state index contributed by atoms with van der Waals surface area (Å²) in [7, 11) is 0. The molecule has 2 aromatic heterocycles. The molecule has 2 heterocycles. The topological polar surface area (TPSA) is 42.7 Å². The first-order chi connectivity index (χ1) is 11.1. The number of aromatic nitrogens is 3. The fourth-order valence-corrected chi connectivity index (χ4v) is 3.16. The summed E-state index contributed by atoms with van der Waals surface area (Å²) in [5.41, 5.74) is 2.22. The van der Waals surface area contributed by atoms with Gasteiger partial charge in [0.15, 0.2) is 5.65 Å². The molecule has 0 saturated carbocycles. The van der Waals surface area contributed by atoms with Crippen LogP contribution >= 0.6 is 11.9 Å². The molecule has 0 aliphatic carbocycles. The molecule has 0 spiro atoms. The SMILES string of the molecule is CCC(C)Nc1nc(C)nc2c1ccn2Sc1ccc(C)cc1. The van der Waals surface area contributed by atoms with Gasteiger partial charge in [-0.15, -0.1) is 0 Å². The van der Waals surface area contributed by atoms with Gasteiger partial charge in [0.2, 0.25) is 0 Å². The minimum absolute atomic E-state index is 0.389. The zero-order valence-corrected chi connectivity index (χ0v) is 14.8. The molecule has 3 rings (SSSR count). The van der Waals surface area contributed by atoms with Crippen molar-refractivity contribution in [3.05, 3.63) is 47.9 Å². The Morgan fingerprint density at radius 2 is 1.87 bits per heavy atom. The van der Waals surface area contributed by atoms with Gasteiger partial charge >= 0.3 is 0 Å². The largest absolute Gasteiger partial charge is 0.367 e. The van der Waals surface area contributed by atoms with Crippen LogP contribution in [0.25, 0.3) is 11.0 Å². The van der Waals surface area contributed by atoms with E-state index in [0.29, 0.717) is 6.04 Å². The van der Waals surface area contributed by atoms with Crippen LogP contribution in [0.15, 0.2) is 41.4 Å².